The van der Waals surface area contributed by atoms with E-state index in [1.807, 2.05) is 23.8 Å². The van der Waals surface area contributed by atoms with Gasteiger partial charge in [0.25, 0.3) is 11.7 Å². The molecule has 0 bridgehead atoms. The van der Waals surface area contributed by atoms with E-state index in [4.69, 9.17) is 9.47 Å². The van der Waals surface area contributed by atoms with Crippen molar-refractivity contribution in [3.63, 3.8) is 0 Å². The molecule has 0 aliphatic carbocycles. The zero-order valence-corrected chi connectivity index (χ0v) is 20.2. The lowest BCUT2D eigenvalue weighted by molar-refractivity contribution is -0.139. The molecule has 3 aromatic rings. The Morgan fingerprint density at radius 2 is 1.92 bits per heavy atom. The SMILES string of the molecule is C=CCOc1cccc([C@H]2/C(=C(\O)c3ccc(OCC)cc3)C(=O)C(=O)N2CCCn2ccnc2)c1. The van der Waals surface area contributed by atoms with Gasteiger partial charge in [0, 0.05) is 31.0 Å². The van der Waals surface area contributed by atoms with Gasteiger partial charge in [-0.15, -0.1) is 0 Å². The van der Waals surface area contributed by atoms with Crippen LogP contribution in [0.5, 0.6) is 11.5 Å². The van der Waals surface area contributed by atoms with Crippen molar-refractivity contribution >= 4 is 17.4 Å². The minimum Gasteiger partial charge on any atom is -0.507 e. The number of aliphatic hydroxyl groups is 1. The summed E-state index contributed by atoms with van der Waals surface area (Å²) in [5.74, 6) is -0.354. The average molecular weight is 488 g/mol. The first-order chi connectivity index (χ1) is 17.5. The number of carbonyl (C=O) groups excluding carboxylic acids is 2. The first-order valence-corrected chi connectivity index (χ1v) is 11.8. The van der Waals surface area contributed by atoms with E-state index in [1.165, 1.54) is 4.90 Å². The highest BCUT2D eigenvalue weighted by molar-refractivity contribution is 6.46. The number of likely N-dealkylation sites (tertiary alicyclic amines) is 1. The molecule has 2 aromatic carbocycles. The predicted molar refractivity (Wildman–Crippen MR) is 136 cm³/mol. The van der Waals surface area contributed by atoms with Crippen LogP contribution in [0.25, 0.3) is 5.76 Å². The first kappa shape index (κ1) is 24.8. The number of ketones is 1. The maximum Gasteiger partial charge on any atom is 0.295 e. The summed E-state index contributed by atoms with van der Waals surface area (Å²) in [4.78, 5) is 32.0. The summed E-state index contributed by atoms with van der Waals surface area (Å²) in [5.41, 5.74) is 1.15. The summed E-state index contributed by atoms with van der Waals surface area (Å²) in [6.45, 7) is 7.35. The third-order valence-corrected chi connectivity index (χ3v) is 5.89. The van der Waals surface area contributed by atoms with Crippen LogP contribution in [0.4, 0.5) is 0 Å². The quantitative estimate of drug-likeness (QED) is 0.187. The monoisotopic (exact) mass is 487 g/mol. The molecule has 186 valence electrons. The van der Waals surface area contributed by atoms with E-state index in [2.05, 4.69) is 11.6 Å². The van der Waals surface area contributed by atoms with Gasteiger partial charge in [0.1, 0.15) is 23.9 Å². The Morgan fingerprint density at radius 1 is 1.11 bits per heavy atom. The van der Waals surface area contributed by atoms with Crippen LogP contribution in [0.2, 0.25) is 0 Å². The van der Waals surface area contributed by atoms with Gasteiger partial charge in [-0.3, -0.25) is 9.59 Å². The molecule has 0 spiro atoms. The van der Waals surface area contributed by atoms with E-state index in [-0.39, 0.29) is 11.3 Å². The molecule has 1 saturated heterocycles. The molecule has 2 heterocycles. The molecule has 8 nitrogen and oxygen atoms in total. The van der Waals surface area contributed by atoms with Crippen LogP contribution >= 0.6 is 0 Å². The molecule has 4 rings (SSSR count). The van der Waals surface area contributed by atoms with E-state index in [1.54, 1.807) is 61.1 Å². The first-order valence-electron chi connectivity index (χ1n) is 11.8. The highest BCUT2D eigenvalue weighted by Gasteiger charge is 2.45. The third-order valence-electron chi connectivity index (χ3n) is 5.89. The molecule has 1 aromatic heterocycles. The Kier molecular flexibility index (Phi) is 7.85. The van der Waals surface area contributed by atoms with E-state index >= 15 is 0 Å². The number of hydrogen-bond donors (Lipinski definition) is 1. The number of benzene rings is 2. The van der Waals surface area contributed by atoms with E-state index in [9.17, 15) is 14.7 Å². The van der Waals surface area contributed by atoms with Crippen molar-refractivity contribution in [1.82, 2.24) is 14.5 Å². The highest BCUT2D eigenvalue weighted by atomic mass is 16.5. The lowest BCUT2D eigenvalue weighted by Gasteiger charge is -2.25. The van der Waals surface area contributed by atoms with Crippen molar-refractivity contribution in [2.75, 3.05) is 19.8 Å². The number of hydrogen-bond acceptors (Lipinski definition) is 6. The molecule has 36 heavy (non-hydrogen) atoms. The Bertz CT molecular complexity index is 1250. The van der Waals surface area contributed by atoms with Gasteiger partial charge in [0.15, 0.2) is 0 Å². The summed E-state index contributed by atoms with van der Waals surface area (Å²) >= 11 is 0. The average Bonchev–Trinajstić information content (AvgIpc) is 3.50. The van der Waals surface area contributed by atoms with Gasteiger partial charge < -0.3 is 24.0 Å². The van der Waals surface area contributed by atoms with Crippen molar-refractivity contribution in [2.45, 2.75) is 25.9 Å². The summed E-state index contributed by atoms with van der Waals surface area (Å²) in [6, 6.07) is 13.2. The van der Waals surface area contributed by atoms with E-state index in [0.29, 0.717) is 55.4 Å². The standard InChI is InChI=1S/C28H29N3O5/c1-3-17-36-23-8-5-7-21(18-23)25-24(26(32)20-9-11-22(12-10-20)35-4-2)27(33)28(34)31(25)15-6-14-30-16-13-29-19-30/h3,5,7-13,16,18-19,25,32H,1,4,6,14-15,17H2,2H3/b26-24+/t25-/m0/s1. The second kappa shape index (κ2) is 11.4. The minimum absolute atomic E-state index is 0.0488. The number of aliphatic hydroxyl groups excluding tert-OH is 1. The number of nitrogens with zero attached hydrogens (tertiary/aromatic N) is 3. The Hall–Kier alpha value is -4.33. The van der Waals surface area contributed by atoms with Crippen LogP contribution < -0.4 is 9.47 Å². The predicted octanol–water partition coefficient (Wildman–Crippen LogP) is 4.36. The fraction of sp³-hybridized carbons (Fsp3) is 0.250. The van der Waals surface area contributed by atoms with Crippen molar-refractivity contribution in [3.05, 3.63) is 96.6 Å². The number of imidazole rings is 1. The fourth-order valence-electron chi connectivity index (χ4n) is 4.26. The maximum atomic E-state index is 13.2. The third kappa shape index (κ3) is 5.33. The smallest absolute Gasteiger partial charge is 0.295 e. The van der Waals surface area contributed by atoms with E-state index in [0.717, 1.165) is 0 Å². The molecule has 0 radical (unpaired) electrons. The molecular weight excluding hydrogens is 458 g/mol. The van der Waals surface area contributed by atoms with Crippen molar-refractivity contribution < 1.29 is 24.2 Å². The summed E-state index contributed by atoms with van der Waals surface area (Å²) in [6.07, 6.45) is 7.49. The van der Waals surface area contributed by atoms with Crippen molar-refractivity contribution in [2.24, 2.45) is 0 Å². The maximum absolute atomic E-state index is 13.2. The van der Waals surface area contributed by atoms with E-state index < -0.39 is 17.7 Å². The van der Waals surface area contributed by atoms with Crippen molar-refractivity contribution in [1.29, 1.82) is 0 Å². The summed E-state index contributed by atoms with van der Waals surface area (Å²) in [5, 5.41) is 11.2. The topological polar surface area (TPSA) is 93.9 Å². The second-order valence-electron chi connectivity index (χ2n) is 8.28. The molecule has 1 aliphatic heterocycles. The van der Waals surface area contributed by atoms with Crippen molar-refractivity contribution in [3.8, 4) is 11.5 Å². The molecule has 1 atom stereocenters. The largest absolute Gasteiger partial charge is 0.507 e. The molecule has 1 N–H and O–H groups in total. The number of carbonyl (C=O) groups is 2. The Balaban J connectivity index is 1.72. The van der Waals surface area contributed by atoms with Crippen LogP contribution in [-0.2, 0) is 16.1 Å². The highest BCUT2D eigenvalue weighted by Crippen LogP contribution is 2.40. The van der Waals surface area contributed by atoms with Gasteiger partial charge >= 0.3 is 0 Å². The molecule has 1 aliphatic rings. The van der Waals surface area contributed by atoms with Gasteiger partial charge in [-0.2, -0.15) is 0 Å². The minimum atomic E-state index is -0.758. The Morgan fingerprint density at radius 3 is 2.61 bits per heavy atom. The fourth-order valence-corrected chi connectivity index (χ4v) is 4.26. The van der Waals surface area contributed by atoms with Gasteiger partial charge in [-0.05, 0) is 55.3 Å². The van der Waals surface area contributed by atoms with Crippen LogP contribution in [0.3, 0.4) is 0 Å². The van der Waals surface area contributed by atoms with Gasteiger partial charge in [-0.25, -0.2) is 4.98 Å². The number of Topliss-reactive ketones (excluding diaryl/α,β-unsaturated/α-hetero) is 1. The van der Waals surface area contributed by atoms with Gasteiger partial charge in [-0.1, -0.05) is 24.8 Å². The van der Waals surface area contributed by atoms with Gasteiger partial charge in [0.05, 0.1) is 24.5 Å². The molecule has 0 unspecified atom stereocenters. The normalized spacial score (nSPS) is 16.8. The second-order valence-corrected chi connectivity index (χ2v) is 8.28. The zero-order valence-electron chi connectivity index (χ0n) is 20.2. The number of ether oxygens (including phenoxy) is 2. The summed E-state index contributed by atoms with van der Waals surface area (Å²) < 4.78 is 13.1. The molecule has 8 heteroatoms. The van der Waals surface area contributed by atoms with Crippen LogP contribution in [0, 0.1) is 0 Å². The number of rotatable bonds is 11. The molecule has 1 fully saturated rings. The van der Waals surface area contributed by atoms with Gasteiger partial charge in [0.2, 0.25) is 0 Å². The molecule has 0 saturated carbocycles. The van der Waals surface area contributed by atoms with Crippen LogP contribution in [0.15, 0.2) is 85.5 Å². The number of amides is 1. The molecule has 1 amide bonds. The number of aryl methyl sites for hydroxylation is 1. The Labute approximate surface area is 210 Å². The lowest BCUT2D eigenvalue weighted by Crippen LogP contribution is -2.31. The van der Waals surface area contributed by atoms with Crippen LogP contribution in [0.1, 0.15) is 30.5 Å². The summed E-state index contributed by atoms with van der Waals surface area (Å²) in [7, 11) is 0. The number of aromatic nitrogens is 2. The van der Waals surface area contributed by atoms with Crippen LogP contribution in [-0.4, -0.2) is 51.0 Å². The molecular formula is C28H29N3O5. The lowest BCUT2D eigenvalue weighted by atomic mass is 9.95. The zero-order chi connectivity index (χ0) is 25.5.